The zero-order chi connectivity index (χ0) is 18.3. The molecule has 25 heavy (non-hydrogen) atoms. The molecule has 2 rings (SSSR count). The number of hydrogen-bond acceptors (Lipinski definition) is 4. The number of anilines is 1. The van der Waals surface area contributed by atoms with Gasteiger partial charge in [0.05, 0.1) is 18.0 Å². The number of carbonyl (C=O) groups excluding carboxylic acids is 2. The Morgan fingerprint density at radius 1 is 1.20 bits per heavy atom. The van der Waals surface area contributed by atoms with Crippen molar-refractivity contribution in [1.82, 2.24) is 10.7 Å². The van der Waals surface area contributed by atoms with Gasteiger partial charge >= 0.3 is 12.2 Å². The van der Waals surface area contributed by atoms with Crippen molar-refractivity contribution in [3.8, 4) is 0 Å². The van der Waals surface area contributed by atoms with Gasteiger partial charge in [0.15, 0.2) is 0 Å². The topological polar surface area (TPSA) is 95.7 Å². The van der Waals surface area contributed by atoms with Gasteiger partial charge in [0, 0.05) is 5.69 Å². The van der Waals surface area contributed by atoms with Crippen molar-refractivity contribution in [2.75, 3.05) is 11.9 Å². The summed E-state index contributed by atoms with van der Waals surface area (Å²) in [6, 6.07) is 6.56. The van der Waals surface area contributed by atoms with Crippen LogP contribution in [-0.4, -0.2) is 24.7 Å². The molecule has 132 valence electrons. The molecule has 7 nitrogen and oxygen atoms in total. The molecule has 0 radical (unpaired) electrons. The van der Waals surface area contributed by atoms with Gasteiger partial charge in [-0.05, 0) is 30.3 Å². The highest BCUT2D eigenvalue weighted by Gasteiger charge is 2.30. The standard InChI is InChI=1S/C15H13F3N4O3/c16-15(17,18)10-3-1-4-11(7-10)21-14(24)19-9-13(23)22-20-8-12-5-2-6-25-12/h1-8H,9H2,(H,22,23)(H2,19,21,24)/b20-8+. The van der Waals surface area contributed by atoms with E-state index in [1.54, 1.807) is 12.1 Å². The average molecular weight is 354 g/mol. The maximum atomic E-state index is 12.6. The summed E-state index contributed by atoms with van der Waals surface area (Å²) in [7, 11) is 0. The zero-order valence-corrected chi connectivity index (χ0v) is 12.6. The largest absolute Gasteiger partial charge is 0.463 e. The summed E-state index contributed by atoms with van der Waals surface area (Å²) < 4.78 is 42.7. The van der Waals surface area contributed by atoms with Crippen LogP contribution in [0.25, 0.3) is 0 Å². The molecule has 0 aliphatic rings. The minimum Gasteiger partial charge on any atom is -0.463 e. The summed E-state index contributed by atoms with van der Waals surface area (Å²) in [6.45, 7) is -0.416. The zero-order valence-electron chi connectivity index (χ0n) is 12.6. The van der Waals surface area contributed by atoms with Crippen LogP contribution in [0.5, 0.6) is 0 Å². The third kappa shape index (κ3) is 6.01. The van der Waals surface area contributed by atoms with E-state index in [1.807, 2.05) is 0 Å². The van der Waals surface area contributed by atoms with Gasteiger partial charge in [0.25, 0.3) is 5.91 Å². The fourth-order valence-corrected chi connectivity index (χ4v) is 1.68. The molecule has 0 atom stereocenters. The van der Waals surface area contributed by atoms with Gasteiger partial charge in [-0.25, -0.2) is 10.2 Å². The van der Waals surface area contributed by atoms with Crippen LogP contribution in [0.4, 0.5) is 23.7 Å². The number of amides is 3. The number of halogens is 3. The Kier molecular flexibility index (Phi) is 5.77. The summed E-state index contributed by atoms with van der Waals surface area (Å²) in [4.78, 5) is 23.1. The van der Waals surface area contributed by atoms with E-state index in [2.05, 4.69) is 21.2 Å². The van der Waals surface area contributed by atoms with Crippen molar-refractivity contribution < 1.29 is 27.2 Å². The minimum atomic E-state index is -4.51. The molecular weight excluding hydrogens is 341 g/mol. The lowest BCUT2D eigenvalue weighted by Crippen LogP contribution is -2.37. The monoisotopic (exact) mass is 354 g/mol. The highest BCUT2D eigenvalue weighted by atomic mass is 19.4. The Balaban J connectivity index is 1.77. The van der Waals surface area contributed by atoms with E-state index in [0.29, 0.717) is 5.76 Å². The van der Waals surface area contributed by atoms with Crippen LogP contribution in [0.2, 0.25) is 0 Å². The van der Waals surface area contributed by atoms with Crippen LogP contribution >= 0.6 is 0 Å². The normalized spacial score (nSPS) is 11.3. The average Bonchev–Trinajstić information content (AvgIpc) is 3.06. The van der Waals surface area contributed by atoms with Gasteiger partial charge in [-0.3, -0.25) is 4.79 Å². The molecule has 10 heteroatoms. The fraction of sp³-hybridized carbons (Fsp3) is 0.133. The van der Waals surface area contributed by atoms with Crippen molar-refractivity contribution in [1.29, 1.82) is 0 Å². The lowest BCUT2D eigenvalue weighted by Gasteiger charge is -2.10. The van der Waals surface area contributed by atoms with E-state index in [9.17, 15) is 22.8 Å². The second-order valence-electron chi connectivity index (χ2n) is 4.69. The lowest BCUT2D eigenvalue weighted by molar-refractivity contribution is -0.137. The first-order chi connectivity index (χ1) is 11.8. The molecule has 1 heterocycles. The number of carbonyl (C=O) groups is 2. The van der Waals surface area contributed by atoms with Crippen LogP contribution < -0.4 is 16.1 Å². The van der Waals surface area contributed by atoms with Crippen LogP contribution in [-0.2, 0) is 11.0 Å². The molecule has 3 N–H and O–H groups in total. The maximum Gasteiger partial charge on any atom is 0.416 e. The predicted molar refractivity (Wildman–Crippen MR) is 82.9 cm³/mol. The Bertz CT molecular complexity index is 758. The van der Waals surface area contributed by atoms with Crippen molar-refractivity contribution in [3.63, 3.8) is 0 Å². The first kappa shape index (κ1) is 18.0. The maximum absolute atomic E-state index is 12.6. The fourth-order valence-electron chi connectivity index (χ4n) is 1.68. The molecule has 2 aromatic rings. The van der Waals surface area contributed by atoms with Gasteiger partial charge in [-0.15, -0.1) is 0 Å². The highest BCUT2D eigenvalue weighted by molar-refractivity contribution is 5.92. The van der Waals surface area contributed by atoms with Gasteiger partial charge in [0.1, 0.15) is 12.3 Å². The Hall–Kier alpha value is -3.30. The molecule has 1 aromatic heterocycles. The van der Waals surface area contributed by atoms with Crippen molar-refractivity contribution in [3.05, 3.63) is 54.0 Å². The minimum absolute atomic E-state index is 0.0522. The van der Waals surface area contributed by atoms with Crippen LogP contribution in [0, 0.1) is 0 Å². The predicted octanol–water partition coefficient (Wildman–Crippen LogP) is 2.57. The Morgan fingerprint density at radius 3 is 2.68 bits per heavy atom. The smallest absolute Gasteiger partial charge is 0.416 e. The van der Waals surface area contributed by atoms with Gasteiger partial charge in [-0.1, -0.05) is 6.07 Å². The third-order valence-corrected chi connectivity index (χ3v) is 2.78. The lowest BCUT2D eigenvalue weighted by atomic mass is 10.2. The second-order valence-corrected chi connectivity index (χ2v) is 4.69. The number of alkyl halides is 3. The van der Waals surface area contributed by atoms with Gasteiger partial charge in [0.2, 0.25) is 0 Å². The van der Waals surface area contributed by atoms with E-state index >= 15 is 0 Å². The van der Waals surface area contributed by atoms with E-state index in [0.717, 1.165) is 18.2 Å². The number of nitrogens with zero attached hydrogens (tertiary/aromatic N) is 1. The van der Waals surface area contributed by atoms with Crippen LogP contribution in [0.15, 0.2) is 52.2 Å². The molecule has 0 bridgehead atoms. The molecule has 1 aromatic carbocycles. The summed E-state index contributed by atoms with van der Waals surface area (Å²) in [6.07, 6.45) is -1.82. The highest BCUT2D eigenvalue weighted by Crippen LogP contribution is 2.30. The third-order valence-electron chi connectivity index (χ3n) is 2.78. The number of hydrogen-bond donors (Lipinski definition) is 3. The molecule has 0 fully saturated rings. The van der Waals surface area contributed by atoms with Crippen LogP contribution in [0.3, 0.4) is 0 Å². The van der Waals surface area contributed by atoms with E-state index in [4.69, 9.17) is 4.42 Å². The number of furan rings is 1. The number of benzene rings is 1. The van der Waals surface area contributed by atoms with E-state index in [1.165, 1.54) is 18.5 Å². The number of nitrogens with one attached hydrogen (secondary N) is 3. The van der Waals surface area contributed by atoms with Gasteiger partial charge in [-0.2, -0.15) is 18.3 Å². The number of rotatable bonds is 5. The van der Waals surface area contributed by atoms with Crippen LogP contribution in [0.1, 0.15) is 11.3 Å². The molecule has 3 amide bonds. The quantitative estimate of drug-likeness (QED) is 0.569. The Morgan fingerprint density at radius 2 is 2.00 bits per heavy atom. The molecule has 0 aliphatic carbocycles. The van der Waals surface area contributed by atoms with Crippen molar-refractivity contribution in [2.24, 2.45) is 5.10 Å². The molecule has 0 aliphatic heterocycles. The summed E-state index contributed by atoms with van der Waals surface area (Å²) in [5.74, 6) is -0.197. The van der Waals surface area contributed by atoms with Crippen molar-refractivity contribution >= 4 is 23.8 Å². The number of hydrazone groups is 1. The summed E-state index contributed by atoms with van der Waals surface area (Å²) in [5.41, 5.74) is 1.20. The summed E-state index contributed by atoms with van der Waals surface area (Å²) >= 11 is 0. The van der Waals surface area contributed by atoms with Crippen molar-refractivity contribution in [2.45, 2.75) is 6.18 Å². The molecule has 0 unspecified atom stereocenters. The number of urea groups is 1. The Labute approximate surface area is 139 Å². The first-order valence-corrected chi connectivity index (χ1v) is 6.92. The molecule has 0 saturated carbocycles. The van der Waals surface area contributed by atoms with Gasteiger partial charge < -0.3 is 15.1 Å². The molecule has 0 saturated heterocycles. The second kappa shape index (κ2) is 7.99. The first-order valence-electron chi connectivity index (χ1n) is 6.92. The van der Waals surface area contributed by atoms with E-state index < -0.39 is 30.2 Å². The van der Waals surface area contributed by atoms with E-state index in [-0.39, 0.29) is 5.69 Å². The summed E-state index contributed by atoms with van der Waals surface area (Å²) in [5, 5.41) is 8.00. The SMILES string of the molecule is O=C(CNC(=O)Nc1cccc(C(F)(F)F)c1)N/N=C/c1ccco1. The molecule has 0 spiro atoms. The molecular formula is C15H13F3N4O3.